The number of rotatable bonds is 9. The summed E-state index contributed by atoms with van der Waals surface area (Å²) >= 11 is 0. The predicted molar refractivity (Wildman–Crippen MR) is 159 cm³/mol. The Bertz CT molecular complexity index is 1400. The van der Waals surface area contributed by atoms with E-state index in [0.717, 1.165) is 32.1 Å². The standard InChI is InChI=1S/C30H44F6O11S2/c31-29(32,33)22(15-48(40,41)42)46-25(37)19-8-6-4-2-1-3-5-7-18(9-10-19)24-20-11-27(12-21(24)14-28(39,13-20)17-27)26(38)47-23(30(34,35)36)16-49(43,44)45/h18-24,39H,1-17H2,(H,40,41,42)(H,43,44,45). The Balaban J connectivity index is 1.53. The molecule has 4 bridgehead atoms. The number of hydrogen-bond acceptors (Lipinski definition) is 9. The quantitative estimate of drug-likeness (QED) is 0.155. The van der Waals surface area contributed by atoms with E-state index in [0.29, 0.717) is 19.3 Å². The first-order valence-corrected chi connectivity index (χ1v) is 19.8. The molecule has 5 fully saturated rings. The van der Waals surface area contributed by atoms with Gasteiger partial charge < -0.3 is 14.6 Å². The van der Waals surface area contributed by atoms with Crippen molar-refractivity contribution in [3.05, 3.63) is 0 Å². The molecule has 6 unspecified atom stereocenters. The van der Waals surface area contributed by atoms with Crippen LogP contribution in [0.5, 0.6) is 0 Å². The third kappa shape index (κ3) is 10.7. The van der Waals surface area contributed by atoms with Crippen LogP contribution in [0.1, 0.15) is 96.3 Å². The number of ether oxygens (including phenoxy) is 2. The van der Waals surface area contributed by atoms with Crippen LogP contribution in [-0.2, 0) is 39.3 Å². The second kappa shape index (κ2) is 14.7. The molecule has 5 aliphatic rings. The summed E-state index contributed by atoms with van der Waals surface area (Å²) in [5.41, 5.74) is -2.90. The van der Waals surface area contributed by atoms with Gasteiger partial charge in [-0.15, -0.1) is 0 Å². The van der Waals surface area contributed by atoms with Crippen molar-refractivity contribution >= 4 is 32.2 Å². The molecule has 5 aliphatic carbocycles. The number of alkyl halides is 6. The maximum Gasteiger partial charge on any atom is 0.426 e. The molecule has 284 valence electrons. The minimum Gasteiger partial charge on any atom is -0.451 e. The fourth-order valence-electron chi connectivity index (χ4n) is 9.24. The van der Waals surface area contributed by atoms with Crippen LogP contribution in [0.3, 0.4) is 0 Å². The smallest absolute Gasteiger partial charge is 0.426 e. The summed E-state index contributed by atoms with van der Waals surface area (Å²) in [4.78, 5) is 26.5. The zero-order chi connectivity index (χ0) is 36.6. The second-order valence-electron chi connectivity index (χ2n) is 14.7. The molecule has 0 aromatic carbocycles. The average Bonchev–Trinajstić information content (AvgIpc) is 2.89. The lowest BCUT2D eigenvalue weighted by Crippen LogP contribution is -2.63. The van der Waals surface area contributed by atoms with E-state index in [2.05, 4.69) is 4.74 Å². The van der Waals surface area contributed by atoms with Crippen molar-refractivity contribution in [1.82, 2.24) is 0 Å². The molecule has 5 saturated carbocycles. The lowest BCUT2D eigenvalue weighted by molar-refractivity contribution is -0.241. The van der Waals surface area contributed by atoms with Gasteiger partial charge in [-0.05, 0) is 75.0 Å². The molecule has 0 aromatic rings. The van der Waals surface area contributed by atoms with E-state index in [4.69, 9.17) is 13.8 Å². The minimum atomic E-state index is -5.29. The van der Waals surface area contributed by atoms with Crippen molar-refractivity contribution in [2.24, 2.45) is 35.0 Å². The van der Waals surface area contributed by atoms with E-state index >= 15 is 0 Å². The Kier molecular flexibility index (Phi) is 12.1. The van der Waals surface area contributed by atoms with E-state index in [1.165, 1.54) is 0 Å². The number of esters is 2. The average molecular weight is 759 g/mol. The molecule has 0 heterocycles. The minimum absolute atomic E-state index is 0.0661. The third-order valence-electron chi connectivity index (χ3n) is 10.9. The summed E-state index contributed by atoms with van der Waals surface area (Å²) in [6.45, 7) is 0. The third-order valence-corrected chi connectivity index (χ3v) is 12.3. The molecule has 5 rings (SSSR count). The lowest BCUT2D eigenvalue weighted by Gasteiger charge is -2.63. The van der Waals surface area contributed by atoms with Crippen LogP contribution >= 0.6 is 0 Å². The Hall–Kier alpha value is -1.70. The van der Waals surface area contributed by atoms with Gasteiger partial charge in [0.2, 0.25) is 12.2 Å². The first-order chi connectivity index (χ1) is 22.4. The van der Waals surface area contributed by atoms with E-state index in [1.807, 2.05) is 0 Å². The zero-order valence-electron chi connectivity index (χ0n) is 26.8. The molecule has 11 nitrogen and oxygen atoms in total. The molecular weight excluding hydrogens is 714 g/mol. The Morgan fingerprint density at radius 1 is 0.673 bits per heavy atom. The normalized spacial score (nSPS) is 34.7. The fraction of sp³-hybridized carbons (Fsp3) is 0.933. The Labute approximate surface area is 281 Å². The number of aliphatic hydroxyl groups is 1. The molecule has 49 heavy (non-hydrogen) atoms. The summed E-state index contributed by atoms with van der Waals surface area (Å²) in [7, 11) is -10.3. The van der Waals surface area contributed by atoms with Gasteiger partial charge in [0.25, 0.3) is 20.2 Å². The van der Waals surface area contributed by atoms with E-state index in [1.54, 1.807) is 0 Å². The van der Waals surface area contributed by atoms with Crippen LogP contribution in [-0.4, -0.2) is 84.7 Å². The van der Waals surface area contributed by atoms with Gasteiger partial charge in [-0.25, -0.2) is 0 Å². The number of carbonyl (C=O) groups is 2. The highest BCUT2D eigenvalue weighted by molar-refractivity contribution is 7.86. The summed E-state index contributed by atoms with van der Waals surface area (Å²) < 4.78 is 154. The van der Waals surface area contributed by atoms with Gasteiger partial charge in [-0.1, -0.05) is 44.9 Å². The molecule has 3 N–H and O–H groups in total. The van der Waals surface area contributed by atoms with Crippen molar-refractivity contribution in [2.45, 2.75) is 126 Å². The van der Waals surface area contributed by atoms with Gasteiger partial charge in [-0.3, -0.25) is 18.7 Å². The van der Waals surface area contributed by atoms with Crippen molar-refractivity contribution in [1.29, 1.82) is 0 Å². The van der Waals surface area contributed by atoms with Crippen molar-refractivity contribution < 1.29 is 76.5 Å². The van der Waals surface area contributed by atoms with Crippen LogP contribution in [0.4, 0.5) is 26.3 Å². The summed E-state index contributed by atoms with van der Waals surface area (Å²) in [5.74, 6) is -8.20. The molecule has 0 aromatic heterocycles. The van der Waals surface area contributed by atoms with Crippen LogP contribution in [0.2, 0.25) is 0 Å². The fourth-order valence-corrected chi connectivity index (χ4v) is 10.5. The summed E-state index contributed by atoms with van der Waals surface area (Å²) in [5, 5.41) is 11.4. The molecule has 0 amide bonds. The molecular formula is C30H44F6O11S2. The summed E-state index contributed by atoms with van der Waals surface area (Å²) in [6.07, 6.45) is -10.3. The van der Waals surface area contributed by atoms with Gasteiger partial charge in [0.1, 0.15) is 11.5 Å². The highest BCUT2D eigenvalue weighted by Crippen LogP contribution is 2.66. The molecule has 19 heteroatoms. The molecule has 0 saturated heterocycles. The first-order valence-electron chi connectivity index (χ1n) is 16.6. The van der Waals surface area contributed by atoms with Crippen LogP contribution in [0.15, 0.2) is 0 Å². The maximum atomic E-state index is 13.6. The van der Waals surface area contributed by atoms with E-state index in [-0.39, 0.29) is 68.6 Å². The topological polar surface area (TPSA) is 182 Å². The molecule has 0 aliphatic heterocycles. The Morgan fingerprint density at radius 2 is 1.14 bits per heavy atom. The van der Waals surface area contributed by atoms with Gasteiger partial charge in [0.05, 0.1) is 16.9 Å². The van der Waals surface area contributed by atoms with Gasteiger partial charge in [0.15, 0.2) is 0 Å². The van der Waals surface area contributed by atoms with Crippen LogP contribution in [0, 0.1) is 35.0 Å². The van der Waals surface area contributed by atoms with Crippen molar-refractivity contribution in [3.63, 3.8) is 0 Å². The van der Waals surface area contributed by atoms with Crippen LogP contribution in [0.25, 0.3) is 0 Å². The van der Waals surface area contributed by atoms with Gasteiger partial charge in [0, 0.05) is 0 Å². The van der Waals surface area contributed by atoms with Crippen LogP contribution < -0.4 is 0 Å². The monoisotopic (exact) mass is 758 g/mol. The summed E-state index contributed by atoms with van der Waals surface area (Å²) in [6, 6.07) is 0. The largest absolute Gasteiger partial charge is 0.451 e. The highest BCUT2D eigenvalue weighted by Gasteiger charge is 2.65. The lowest BCUT2D eigenvalue weighted by atomic mass is 9.42. The highest BCUT2D eigenvalue weighted by atomic mass is 32.2. The second-order valence-corrected chi connectivity index (χ2v) is 17.7. The van der Waals surface area contributed by atoms with Gasteiger partial charge >= 0.3 is 24.3 Å². The number of carbonyl (C=O) groups excluding carboxylic acids is 2. The Morgan fingerprint density at radius 3 is 1.63 bits per heavy atom. The van der Waals surface area contributed by atoms with Gasteiger partial charge in [-0.2, -0.15) is 43.2 Å². The predicted octanol–water partition coefficient (Wildman–Crippen LogP) is 5.41. The molecule has 6 atom stereocenters. The zero-order valence-corrected chi connectivity index (χ0v) is 28.4. The first kappa shape index (κ1) is 40.1. The number of hydrogen-bond donors (Lipinski definition) is 3. The van der Waals surface area contributed by atoms with Crippen molar-refractivity contribution in [2.75, 3.05) is 11.5 Å². The van der Waals surface area contributed by atoms with E-state index in [9.17, 15) is 57.9 Å². The van der Waals surface area contributed by atoms with E-state index < -0.39 is 85.2 Å². The molecule has 0 spiro atoms. The van der Waals surface area contributed by atoms with Crippen molar-refractivity contribution in [3.8, 4) is 0 Å². The molecule has 0 radical (unpaired) electrons. The maximum absolute atomic E-state index is 13.6. The SMILES string of the molecule is O=C(OC(CS(=O)(=O)O)C(F)(F)F)C1CCCCCCCCC(C2C3CC4(O)CC2CC(C(=O)OC(CS(=O)(=O)O)C(F)(F)F)(C3)C4)CC1. The number of halogens is 6.